The highest BCUT2D eigenvalue weighted by Crippen LogP contribution is 2.16. The Bertz CT molecular complexity index is 382. The number of carbonyl (C=O) groups is 1. The quantitative estimate of drug-likeness (QED) is 0.854. The van der Waals surface area contributed by atoms with Crippen molar-refractivity contribution in [3.8, 4) is 0 Å². The van der Waals surface area contributed by atoms with E-state index in [1.807, 2.05) is 31.8 Å². The zero-order valence-electron chi connectivity index (χ0n) is 11.4. The molecule has 0 radical (unpaired) electrons. The van der Waals surface area contributed by atoms with Gasteiger partial charge in [-0.3, -0.25) is 9.48 Å². The zero-order valence-corrected chi connectivity index (χ0v) is 11.4. The van der Waals surface area contributed by atoms with Crippen molar-refractivity contribution in [2.75, 3.05) is 0 Å². The number of rotatable bonds is 5. The van der Waals surface area contributed by atoms with Crippen LogP contribution in [0.4, 0.5) is 0 Å². The van der Waals surface area contributed by atoms with Gasteiger partial charge in [0.15, 0.2) is 0 Å². The van der Waals surface area contributed by atoms with Crippen LogP contribution in [0.15, 0.2) is 6.20 Å². The number of nitrogens with one attached hydrogen (secondary N) is 1. The number of hydrogen-bond acceptors (Lipinski definition) is 2. The van der Waals surface area contributed by atoms with Gasteiger partial charge in [0.25, 0.3) is 0 Å². The van der Waals surface area contributed by atoms with Gasteiger partial charge < -0.3 is 5.32 Å². The smallest absolute Gasteiger partial charge is 0.220 e. The van der Waals surface area contributed by atoms with E-state index in [0.29, 0.717) is 12.3 Å². The van der Waals surface area contributed by atoms with E-state index in [-0.39, 0.29) is 11.9 Å². The first kappa shape index (κ1) is 13.7. The lowest BCUT2D eigenvalue weighted by atomic mass is 10.1. The van der Waals surface area contributed by atoms with E-state index >= 15 is 0 Å². The van der Waals surface area contributed by atoms with Crippen molar-refractivity contribution < 1.29 is 4.79 Å². The topological polar surface area (TPSA) is 46.9 Å². The Kier molecular flexibility index (Phi) is 4.73. The first-order chi connectivity index (χ1) is 7.91. The largest absolute Gasteiger partial charge is 0.349 e. The Labute approximate surface area is 103 Å². The summed E-state index contributed by atoms with van der Waals surface area (Å²) in [7, 11) is 1.91. The SMILES string of the molecule is Cc1c(C(C)NC(=O)CCC(C)C)cnn1C. The van der Waals surface area contributed by atoms with Gasteiger partial charge in [0.05, 0.1) is 12.2 Å². The van der Waals surface area contributed by atoms with Gasteiger partial charge in [-0.2, -0.15) is 5.10 Å². The maximum Gasteiger partial charge on any atom is 0.220 e. The van der Waals surface area contributed by atoms with Gasteiger partial charge in [-0.05, 0) is 26.2 Å². The van der Waals surface area contributed by atoms with Crippen LogP contribution < -0.4 is 5.32 Å². The summed E-state index contributed by atoms with van der Waals surface area (Å²) in [6, 6.07) is 0.0309. The van der Waals surface area contributed by atoms with Crippen LogP contribution in [0, 0.1) is 12.8 Å². The molecule has 1 unspecified atom stereocenters. The third-order valence-corrected chi connectivity index (χ3v) is 3.07. The lowest BCUT2D eigenvalue weighted by Gasteiger charge is -2.14. The minimum atomic E-state index is 0.0309. The molecular weight excluding hydrogens is 214 g/mol. The molecule has 0 aliphatic rings. The summed E-state index contributed by atoms with van der Waals surface area (Å²) in [5.41, 5.74) is 2.19. The van der Waals surface area contributed by atoms with Crippen molar-refractivity contribution in [1.82, 2.24) is 15.1 Å². The van der Waals surface area contributed by atoms with E-state index in [1.165, 1.54) is 0 Å². The van der Waals surface area contributed by atoms with E-state index < -0.39 is 0 Å². The molecule has 0 spiro atoms. The Morgan fingerprint density at radius 2 is 2.12 bits per heavy atom. The van der Waals surface area contributed by atoms with Crippen LogP contribution >= 0.6 is 0 Å². The lowest BCUT2D eigenvalue weighted by Crippen LogP contribution is -2.26. The van der Waals surface area contributed by atoms with Crippen LogP contribution in [-0.4, -0.2) is 15.7 Å². The Morgan fingerprint density at radius 3 is 2.59 bits per heavy atom. The van der Waals surface area contributed by atoms with Crippen molar-refractivity contribution in [2.45, 2.75) is 46.6 Å². The van der Waals surface area contributed by atoms with Crippen LogP contribution in [0.2, 0.25) is 0 Å². The molecular formula is C13H23N3O. The lowest BCUT2D eigenvalue weighted by molar-refractivity contribution is -0.122. The van der Waals surface area contributed by atoms with Crippen molar-refractivity contribution in [3.63, 3.8) is 0 Å². The molecule has 0 saturated heterocycles. The molecule has 1 aromatic heterocycles. The highest BCUT2D eigenvalue weighted by Gasteiger charge is 2.14. The van der Waals surface area contributed by atoms with E-state index in [4.69, 9.17) is 0 Å². The van der Waals surface area contributed by atoms with E-state index in [0.717, 1.165) is 17.7 Å². The van der Waals surface area contributed by atoms with Gasteiger partial charge in [-0.15, -0.1) is 0 Å². The molecule has 0 aliphatic carbocycles. The van der Waals surface area contributed by atoms with Gasteiger partial charge in [0, 0.05) is 24.7 Å². The summed E-state index contributed by atoms with van der Waals surface area (Å²) in [4.78, 5) is 11.7. The number of carbonyl (C=O) groups excluding carboxylic acids is 1. The molecule has 0 aliphatic heterocycles. The summed E-state index contributed by atoms with van der Waals surface area (Å²) < 4.78 is 1.83. The fourth-order valence-corrected chi connectivity index (χ4v) is 1.75. The third kappa shape index (κ3) is 3.88. The summed E-state index contributed by atoms with van der Waals surface area (Å²) in [6.45, 7) is 8.26. The zero-order chi connectivity index (χ0) is 13.0. The van der Waals surface area contributed by atoms with Crippen molar-refractivity contribution in [3.05, 3.63) is 17.5 Å². The molecule has 1 heterocycles. The van der Waals surface area contributed by atoms with Gasteiger partial charge in [-0.25, -0.2) is 0 Å². The summed E-state index contributed by atoms with van der Waals surface area (Å²) in [5, 5.41) is 7.20. The van der Waals surface area contributed by atoms with Gasteiger partial charge in [0.1, 0.15) is 0 Å². The van der Waals surface area contributed by atoms with Crippen molar-refractivity contribution in [1.29, 1.82) is 0 Å². The number of aryl methyl sites for hydroxylation is 1. The summed E-state index contributed by atoms with van der Waals surface area (Å²) in [6.07, 6.45) is 3.36. The monoisotopic (exact) mass is 237 g/mol. The fourth-order valence-electron chi connectivity index (χ4n) is 1.75. The van der Waals surface area contributed by atoms with Crippen LogP contribution in [-0.2, 0) is 11.8 Å². The highest BCUT2D eigenvalue weighted by atomic mass is 16.1. The molecule has 1 N–H and O–H groups in total. The van der Waals surface area contributed by atoms with E-state index in [2.05, 4.69) is 24.3 Å². The van der Waals surface area contributed by atoms with Crippen molar-refractivity contribution in [2.24, 2.45) is 13.0 Å². The Morgan fingerprint density at radius 1 is 1.47 bits per heavy atom. The van der Waals surface area contributed by atoms with Crippen molar-refractivity contribution >= 4 is 5.91 Å². The second-order valence-corrected chi connectivity index (χ2v) is 5.03. The first-order valence-corrected chi connectivity index (χ1v) is 6.19. The predicted octanol–water partition coefficient (Wildman–Crippen LogP) is 2.34. The van der Waals surface area contributed by atoms with Crippen LogP contribution in [0.25, 0.3) is 0 Å². The predicted molar refractivity (Wildman–Crippen MR) is 68.6 cm³/mol. The van der Waals surface area contributed by atoms with E-state index in [9.17, 15) is 4.79 Å². The average molecular weight is 237 g/mol. The molecule has 0 saturated carbocycles. The molecule has 96 valence electrons. The van der Waals surface area contributed by atoms with Gasteiger partial charge in [-0.1, -0.05) is 13.8 Å². The minimum absolute atomic E-state index is 0.0309. The molecule has 1 aromatic rings. The van der Waals surface area contributed by atoms with Gasteiger partial charge in [0.2, 0.25) is 5.91 Å². The number of nitrogens with zero attached hydrogens (tertiary/aromatic N) is 2. The second kappa shape index (κ2) is 5.84. The number of hydrogen-bond donors (Lipinski definition) is 1. The standard InChI is InChI=1S/C13H23N3O/c1-9(2)6-7-13(17)15-10(3)12-8-14-16(5)11(12)4/h8-10H,6-7H2,1-5H3,(H,15,17). The van der Waals surface area contributed by atoms with Gasteiger partial charge >= 0.3 is 0 Å². The molecule has 0 fully saturated rings. The molecule has 17 heavy (non-hydrogen) atoms. The van der Waals surface area contributed by atoms with Crippen LogP contribution in [0.1, 0.15) is 50.9 Å². The fraction of sp³-hybridized carbons (Fsp3) is 0.692. The molecule has 1 rings (SSSR count). The Hall–Kier alpha value is -1.32. The normalized spacial score (nSPS) is 12.8. The summed E-state index contributed by atoms with van der Waals surface area (Å²) in [5.74, 6) is 0.686. The third-order valence-electron chi connectivity index (χ3n) is 3.07. The number of amides is 1. The Balaban J connectivity index is 2.52. The molecule has 0 bridgehead atoms. The first-order valence-electron chi connectivity index (χ1n) is 6.19. The second-order valence-electron chi connectivity index (χ2n) is 5.03. The number of aromatic nitrogens is 2. The minimum Gasteiger partial charge on any atom is -0.349 e. The van der Waals surface area contributed by atoms with Crippen LogP contribution in [0.3, 0.4) is 0 Å². The molecule has 1 amide bonds. The van der Waals surface area contributed by atoms with E-state index in [1.54, 1.807) is 0 Å². The maximum absolute atomic E-state index is 11.7. The summed E-state index contributed by atoms with van der Waals surface area (Å²) >= 11 is 0. The average Bonchev–Trinajstić information content (AvgIpc) is 2.57. The van der Waals surface area contributed by atoms with Crippen LogP contribution in [0.5, 0.6) is 0 Å². The molecule has 1 atom stereocenters. The molecule has 4 heteroatoms. The molecule has 0 aromatic carbocycles. The molecule has 4 nitrogen and oxygen atoms in total. The highest BCUT2D eigenvalue weighted by molar-refractivity contribution is 5.76. The maximum atomic E-state index is 11.7.